The molecule has 3 aromatic carbocycles. The predicted octanol–water partition coefficient (Wildman–Crippen LogP) is 4.28. The van der Waals surface area contributed by atoms with E-state index < -0.39 is 0 Å². The first-order valence-corrected chi connectivity index (χ1v) is 8.15. The van der Waals surface area contributed by atoms with Gasteiger partial charge in [0.15, 0.2) is 0 Å². The van der Waals surface area contributed by atoms with Crippen LogP contribution in [-0.2, 0) is 6.42 Å². The molecule has 5 rings (SSSR count). The molecule has 0 bridgehead atoms. The van der Waals surface area contributed by atoms with Gasteiger partial charge in [-0.1, -0.05) is 42.5 Å². The van der Waals surface area contributed by atoms with Crippen molar-refractivity contribution in [2.45, 2.75) is 20.3 Å². The number of nitrogens with zero attached hydrogens (tertiary/aromatic N) is 1. The smallest absolute Gasteiger partial charge is 0.0725 e. The topological polar surface area (TPSA) is 12.4 Å². The van der Waals surface area contributed by atoms with Gasteiger partial charge in [0.25, 0.3) is 0 Å². The molecule has 0 amide bonds. The minimum Gasteiger partial charge on any atom is -0.248 e. The maximum absolute atomic E-state index is 4.96. The number of allylic oxidation sites excluding steroid dienone is 2. The van der Waals surface area contributed by atoms with Crippen LogP contribution in [0.4, 0.5) is 5.69 Å². The van der Waals surface area contributed by atoms with E-state index in [0.717, 1.165) is 17.5 Å². The normalized spacial score (nSPS) is 14.0. The van der Waals surface area contributed by atoms with Crippen LogP contribution in [0.2, 0.25) is 0 Å². The fraction of sp³-hybridized carbons (Fsp3) is 0.136. The van der Waals surface area contributed by atoms with Gasteiger partial charge in [0.2, 0.25) is 0 Å². The summed E-state index contributed by atoms with van der Waals surface area (Å²) >= 11 is 0. The van der Waals surface area contributed by atoms with Gasteiger partial charge in [-0.2, -0.15) is 0 Å². The van der Waals surface area contributed by atoms with Crippen LogP contribution in [0, 0.1) is 13.8 Å². The second kappa shape index (κ2) is 4.42. The summed E-state index contributed by atoms with van der Waals surface area (Å²) in [5.74, 6) is 0. The third kappa shape index (κ3) is 1.65. The van der Waals surface area contributed by atoms with Gasteiger partial charge < -0.3 is 0 Å². The summed E-state index contributed by atoms with van der Waals surface area (Å²) < 4.78 is 0. The Bertz CT molecular complexity index is 1150. The molecule has 0 spiro atoms. The molecule has 1 aliphatic carbocycles. The third-order valence-electron chi connectivity index (χ3n) is 5.10. The quantitative estimate of drug-likeness (QED) is 0.459. The molecular weight excluding hydrogens is 278 g/mol. The van der Waals surface area contributed by atoms with Crippen molar-refractivity contribution < 1.29 is 0 Å². The molecule has 0 fully saturated rings. The zero-order valence-electron chi connectivity index (χ0n) is 13.4. The Morgan fingerprint density at radius 3 is 2.61 bits per heavy atom. The first kappa shape index (κ1) is 12.8. The van der Waals surface area contributed by atoms with Gasteiger partial charge in [0, 0.05) is 11.1 Å². The average Bonchev–Trinajstić information content (AvgIpc) is 2.93. The lowest BCUT2D eigenvalue weighted by Crippen LogP contribution is -2.22. The van der Waals surface area contributed by atoms with E-state index in [2.05, 4.69) is 68.5 Å². The first-order valence-electron chi connectivity index (χ1n) is 8.15. The Kier molecular flexibility index (Phi) is 2.47. The lowest BCUT2D eigenvalue weighted by atomic mass is 9.88. The summed E-state index contributed by atoms with van der Waals surface area (Å²) in [7, 11) is 0. The molecule has 110 valence electrons. The standard InChI is InChI=1S/C22H17N/c1-13-11-19-21(17-9-5-3-7-15(13)17)22-18-10-6-4-8-16(18)14(2)12-20(22)23-19/h3-9,11-12H,10H2,1-2H3. The molecule has 0 saturated carbocycles. The Morgan fingerprint density at radius 1 is 0.913 bits per heavy atom. The van der Waals surface area contributed by atoms with Crippen LogP contribution in [0.3, 0.4) is 0 Å². The molecule has 0 aromatic heterocycles. The molecule has 1 heterocycles. The zero-order valence-corrected chi connectivity index (χ0v) is 13.4. The summed E-state index contributed by atoms with van der Waals surface area (Å²) in [5, 5.41) is 5.17. The van der Waals surface area contributed by atoms with E-state index in [0.29, 0.717) is 0 Å². The highest BCUT2D eigenvalue weighted by Crippen LogP contribution is 2.41. The van der Waals surface area contributed by atoms with Gasteiger partial charge >= 0.3 is 0 Å². The monoisotopic (exact) mass is 295 g/mol. The van der Waals surface area contributed by atoms with Crippen molar-refractivity contribution in [3.05, 3.63) is 75.8 Å². The van der Waals surface area contributed by atoms with Crippen molar-refractivity contribution in [2.24, 2.45) is 4.99 Å². The van der Waals surface area contributed by atoms with E-state index in [1.165, 1.54) is 43.8 Å². The van der Waals surface area contributed by atoms with Crippen LogP contribution in [0.1, 0.15) is 16.7 Å². The molecule has 3 aromatic rings. The van der Waals surface area contributed by atoms with Crippen LogP contribution < -0.4 is 10.6 Å². The van der Waals surface area contributed by atoms with E-state index in [4.69, 9.17) is 4.99 Å². The van der Waals surface area contributed by atoms with Crippen LogP contribution in [0.25, 0.3) is 28.0 Å². The van der Waals surface area contributed by atoms with Crippen molar-refractivity contribution >= 4 is 22.5 Å². The summed E-state index contributed by atoms with van der Waals surface area (Å²) in [4.78, 5) is 4.96. The van der Waals surface area contributed by atoms with E-state index in [1.54, 1.807) is 0 Å². The Hall–Kier alpha value is -2.67. The molecule has 0 atom stereocenters. The van der Waals surface area contributed by atoms with Crippen LogP contribution in [0.15, 0.2) is 53.5 Å². The lowest BCUT2D eigenvalue weighted by Gasteiger charge is -2.14. The summed E-state index contributed by atoms with van der Waals surface area (Å²) in [6.45, 7) is 4.37. The lowest BCUT2D eigenvalue weighted by molar-refractivity contribution is 1.18. The molecule has 23 heavy (non-hydrogen) atoms. The highest BCUT2D eigenvalue weighted by molar-refractivity contribution is 6.05. The number of rotatable bonds is 0. The third-order valence-corrected chi connectivity index (χ3v) is 5.10. The number of aryl methyl sites for hydroxylation is 2. The second-order valence-corrected chi connectivity index (χ2v) is 6.52. The number of hydrogen-bond acceptors (Lipinski definition) is 1. The van der Waals surface area contributed by atoms with Crippen molar-refractivity contribution in [2.75, 3.05) is 0 Å². The van der Waals surface area contributed by atoms with Gasteiger partial charge in [0.05, 0.1) is 11.0 Å². The van der Waals surface area contributed by atoms with Gasteiger partial charge in [-0.25, -0.2) is 4.99 Å². The number of fused-ring (bicyclic) bond motifs is 7. The summed E-state index contributed by atoms with van der Waals surface area (Å²) in [6, 6.07) is 13.2. The van der Waals surface area contributed by atoms with E-state index >= 15 is 0 Å². The highest BCUT2D eigenvalue weighted by Gasteiger charge is 2.22. The molecule has 1 heteroatoms. The maximum Gasteiger partial charge on any atom is 0.0725 e. The Labute approximate surface area is 135 Å². The fourth-order valence-electron chi connectivity index (χ4n) is 4.06. The zero-order chi connectivity index (χ0) is 15.6. The Balaban J connectivity index is 2.01. The van der Waals surface area contributed by atoms with Gasteiger partial charge in [-0.3, -0.25) is 0 Å². The van der Waals surface area contributed by atoms with Gasteiger partial charge in [0.1, 0.15) is 0 Å². The molecule has 0 radical (unpaired) electrons. The number of benzene rings is 3. The fourth-order valence-corrected chi connectivity index (χ4v) is 4.06. The van der Waals surface area contributed by atoms with Crippen molar-refractivity contribution in [1.82, 2.24) is 0 Å². The van der Waals surface area contributed by atoms with E-state index in [1.807, 2.05) is 0 Å². The molecular formula is C22H17N. The van der Waals surface area contributed by atoms with Crippen LogP contribution >= 0.6 is 0 Å². The van der Waals surface area contributed by atoms with Gasteiger partial charge in [-0.05, 0) is 65.1 Å². The minimum atomic E-state index is 0.993. The van der Waals surface area contributed by atoms with Crippen molar-refractivity contribution in [3.8, 4) is 11.1 Å². The van der Waals surface area contributed by atoms with Crippen LogP contribution in [-0.4, -0.2) is 0 Å². The predicted molar refractivity (Wildman–Crippen MR) is 96.6 cm³/mol. The van der Waals surface area contributed by atoms with Crippen LogP contribution in [0.5, 0.6) is 0 Å². The largest absolute Gasteiger partial charge is 0.248 e. The summed E-state index contributed by atoms with van der Waals surface area (Å²) in [5.41, 5.74) is 7.84. The molecule has 0 saturated heterocycles. The highest BCUT2D eigenvalue weighted by atomic mass is 14.8. The minimum absolute atomic E-state index is 0.993. The molecule has 0 unspecified atom stereocenters. The van der Waals surface area contributed by atoms with Gasteiger partial charge in [-0.15, -0.1) is 0 Å². The van der Waals surface area contributed by atoms with E-state index in [9.17, 15) is 0 Å². The van der Waals surface area contributed by atoms with Crippen molar-refractivity contribution in [3.63, 3.8) is 0 Å². The van der Waals surface area contributed by atoms with Crippen molar-refractivity contribution in [1.29, 1.82) is 0 Å². The molecule has 1 nitrogen and oxygen atoms in total. The maximum atomic E-state index is 4.96. The second-order valence-electron chi connectivity index (χ2n) is 6.52. The molecule has 2 aliphatic rings. The molecule has 1 aliphatic heterocycles. The average molecular weight is 295 g/mol. The molecule has 0 N–H and O–H groups in total. The number of hydrogen-bond donors (Lipinski definition) is 0. The summed E-state index contributed by atoms with van der Waals surface area (Å²) in [6.07, 6.45) is 7.65. The SMILES string of the molecule is Cc1cc2c(c3c1=CC=CC3)-c1c(cc(C)c3ccccc13)N=2. The Morgan fingerprint density at radius 2 is 1.74 bits per heavy atom. The first-order chi connectivity index (χ1) is 11.2. The van der Waals surface area contributed by atoms with E-state index in [-0.39, 0.29) is 0 Å².